The van der Waals surface area contributed by atoms with E-state index >= 15 is 0 Å². The van der Waals surface area contributed by atoms with Crippen LogP contribution in [0.15, 0.2) is 59.5 Å². The van der Waals surface area contributed by atoms with E-state index in [4.69, 9.17) is 4.74 Å². The lowest BCUT2D eigenvalue weighted by Crippen LogP contribution is -2.51. The summed E-state index contributed by atoms with van der Waals surface area (Å²) in [5.41, 5.74) is 1.27. The fourth-order valence-electron chi connectivity index (χ4n) is 3.49. The van der Waals surface area contributed by atoms with Crippen LogP contribution in [0.1, 0.15) is 25.3 Å². The van der Waals surface area contributed by atoms with Gasteiger partial charge in [-0.15, -0.1) is 11.8 Å². The van der Waals surface area contributed by atoms with Gasteiger partial charge in [0, 0.05) is 37.5 Å². The third kappa shape index (κ3) is 6.80. The van der Waals surface area contributed by atoms with Gasteiger partial charge in [-0.1, -0.05) is 30.3 Å². The van der Waals surface area contributed by atoms with Crippen molar-refractivity contribution in [2.75, 3.05) is 38.5 Å². The molecule has 0 unspecified atom stereocenters. The van der Waals surface area contributed by atoms with Gasteiger partial charge in [-0.2, -0.15) is 0 Å². The quantitative estimate of drug-likeness (QED) is 0.571. The first kappa shape index (κ1) is 22.2. The summed E-state index contributed by atoms with van der Waals surface area (Å²) in [4.78, 5) is 29.8. The molecule has 2 aromatic carbocycles. The number of aryl methyl sites for hydroxylation is 1. The van der Waals surface area contributed by atoms with E-state index in [-0.39, 0.29) is 11.8 Å². The van der Waals surface area contributed by atoms with Crippen LogP contribution in [0.25, 0.3) is 0 Å². The van der Waals surface area contributed by atoms with E-state index < -0.39 is 0 Å². The predicted octanol–water partition coefficient (Wildman–Crippen LogP) is 3.87. The maximum Gasteiger partial charge on any atom is 0.233 e. The Kier molecular flexibility index (Phi) is 8.63. The van der Waals surface area contributed by atoms with Crippen LogP contribution >= 0.6 is 11.8 Å². The molecule has 2 amide bonds. The van der Waals surface area contributed by atoms with Crippen LogP contribution in [-0.2, 0) is 16.0 Å². The van der Waals surface area contributed by atoms with Crippen LogP contribution < -0.4 is 4.74 Å². The summed E-state index contributed by atoms with van der Waals surface area (Å²) in [6.45, 7) is 5.10. The van der Waals surface area contributed by atoms with Gasteiger partial charge in [0.15, 0.2) is 0 Å². The average Bonchev–Trinajstić information content (AvgIpc) is 2.79. The van der Waals surface area contributed by atoms with Crippen molar-refractivity contribution in [3.8, 4) is 5.75 Å². The predicted molar refractivity (Wildman–Crippen MR) is 121 cm³/mol. The largest absolute Gasteiger partial charge is 0.494 e. The second-order valence-corrected chi connectivity index (χ2v) is 8.34. The molecule has 1 aliphatic rings. The number of piperazine rings is 1. The molecule has 160 valence electrons. The molecule has 0 bridgehead atoms. The highest BCUT2D eigenvalue weighted by Gasteiger charge is 2.23. The van der Waals surface area contributed by atoms with E-state index in [0.717, 1.165) is 23.5 Å². The zero-order valence-electron chi connectivity index (χ0n) is 17.6. The maximum absolute atomic E-state index is 12.5. The Balaban J connectivity index is 1.34. The fraction of sp³-hybridized carbons (Fsp3) is 0.417. The minimum Gasteiger partial charge on any atom is -0.494 e. The summed E-state index contributed by atoms with van der Waals surface area (Å²) in [5, 5.41) is 0. The molecule has 0 saturated carbocycles. The van der Waals surface area contributed by atoms with Gasteiger partial charge in [-0.25, -0.2) is 0 Å². The Morgan fingerprint density at radius 2 is 1.53 bits per heavy atom. The molecule has 2 aromatic rings. The molecule has 1 aliphatic heterocycles. The smallest absolute Gasteiger partial charge is 0.233 e. The van der Waals surface area contributed by atoms with Gasteiger partial charge < -0.3 is 14.5 Å². The summed E-state index contributed by atoms with van der Waals surface area (Å²) < 4.78 is 5.44. The minimum atomic E-state index is 0.130. The van der Waals surface area contributed by atoms with Crippen LogP contribution in [-0.4, -0.2) is 60.2 Å². The molecule has 0 atom stereocenters. The molecule has 0 N–H and O–H groups in total. The molecule has 1 saturated heterocycles. The monoisotopic (exact) mass is 426 g/mol. The van der Waals surface area contributed by atoms with Gasteiger partial charge in [-0.05, 0) is 49.6 Å². The molecule has 0 aliphatic carbocycles. The third-order valence-electron chi connectivity index (χ3n) is 5.18. The van der Waals surface area contributed by atoms with Gasteiger partial charge in [0.05, 0.1) is 12.4 Å². The Labute approximate surface area is 183 Å². The Bertz CT molecular complexity index is 803. The van der Waals surface area contributed by atoms with Crippen molar-refractivity contribution < 1.29 is 14.3 Å². The van der Waals surface area contributed by atoms with Crippen molar-refractivity contribution in [1.82, 2.24) is 9.80 Å². The lowest BCUT2D eigenvalue weighted by atomic mass is 10.1. The molecule has 1 heterocycles. The molecule has 30 heavy (non-hydrogen) atoms. The highest BCUT2D eigenvalue weighted by Crippen LogP contribution is 2.22. The van der Waals surface area contributed by atoms with Crippen molar-refractivity contribution >= 4 is 23.6 Å². The van der Waals surface area contributed by atoms with E-state index in [0.29, 0.717) is 45.0 Å². The van der Waals surface area contributed by atoms with Crippen LogP contribution in [0.2, 0.25) is 0 Å². The van der Waals surface area contributed by atoms with E-state index in [2.05, 4.69) is 12.1 Å². The normalized spacial score (nSPS) is 13.9. The topological polar surface area (TPSA) is 49.9 Å². The first-order valence-corrected chi connectivity index (χ1v) is 11.6. The Hall–Kier alpha value is -2.47. The summed E-state index contributed by atoms with van der Waals surface area (Å²) in [6.07, 6.45) is 2.35. The van der Waals surface area contributed by atoms with Crippen molar-refractivity contribution in [2.24, 2.45) is 0 Å². The van der Waals surface area contributed by atoms with Crippen molar-refractivity contribution in [1.29, 1.82) is 0 Å². The number of benzene rings is 2. The number of thioether (sulfide) groups is 1. The Morgan fingerprint density at radius 3 is 2.17 bits per heavy atom. The molecule has 5 nitrogen and oxygen atoms in total. The fourth-order valence-corrected chi connectivity index (χ4v) is 4.29. The molecular formula is C24H30N2O3S. The van der Waals surface area contributed by atoms with E-state index in [1.165, 1.54) is 17.3 Å². The number of carbonyl (C=O) groups is 2. The van der Waals surface area contributed by atoms with Crippen molar-refractivity contribution in [3.05, 3.63) is 60.2 Å². The van der Waals surface area contributed by atoms with Gasteiger partial charge in [0.1, 0.15) is 5.75 Å². The van der Waals surface area contributed by atoms with Crippen LogP contribution in [0.4, 0.5) is 0 Å². The number of carbonyl (C=O) groups excluding carboxylic acids is 2. The molecule has 6 heteroatoms. The molecule has 1 fully saturated rings. The zero-order chi connectivity index (χ0) is 21.2. The van der Waals surface area contributed by atoms with Crippen LogP contribution in [0.3, 0.4) is 0 Å². The second-order valence-electron chi connectivity index (χ2n) is 7.29. The van der Waals surface area contributed by atoms with Gasteiger partial charge >= 0.3 is 0 Å². The molecule has 0 radical (unpaired) electrons. The van der Waals surface area contributed by atoms with Crippen LogP contribution in [0.5, 0.6) is 5.75 Å². The Morgan fingerprint density at radius 1 is 0.900 bits per heavy atom. The first-order valence-electron chi connectivity index (χ1n) is 10.6. The minimum absolute atomic E-state index is 0.130. The molecule has 0 aromatic heterocycles. The zero-order valence-corrected chi connectivity index (χ0v) is 18.4. The summed E-state index contributed by atoms with van der Waals surface area (Å²) in [6, 6.07) is 18.1. The SMILES string of the molecule is CCOc1ccc(SCC(=O)N2CCN(C(=O)CCCc3ccccc3)CC2)cc1. The highest BCUT2D eigenvalue weighted by molar-refractivity contribution is 8.00. The number of rotatable bonds is 9. The molecule has 3 rings (SSSR count). The molecular weight excluding hydrogens is 396 g/mol. The number of ether oxygens (including phenoxy) is 1. The van der Waals surface area contributed by atoms with Crippen molar-refractivity contribution in [3.63, 3.8) is 0 Å². The van der Waals surface area contributed by atoms with E-state index in [1.807, 2.05) is 59.2 Å². The number of hydrogen-bond acceptors (Lipinski definition) is 4. The highest BCUT2D eigenvalue weighted by atomic mass is 32.2. The third-order valence-corrected chi connectivity index (χ3v) is 6.18. The number of hydrogen-bond donors (Lipinski definition) is 0. The summed E-state index contributed by atoms with van der Waals surface area (Å²) in [5.74, 6) is 1.59. The second kappa shape index (κ2) is 11.6. The van der Waals surface area contributed by atoms with E-state index in [9.17, 15) is 9.59 Å². The summed E-state index contributed by atoms with van der Waals surface area (Å²) >= 11 is 1.54. The average molecular weight is 427 g/mol. The number of amides is 2. The van der Waals surface area contributed by atoms with Gasteiger partial charge in [0.25, 0.3) is 0 Å². The van der Waals surface area contributed by atoms with Gasteiger partial charge in [-0.3, -0.25) is 9.59 Å². The lowest BCUT2D eigenvalue weighted by Gasteiger charge is -2.35. The summed E-state index contributed by atoms with van der Waals surface area (Å²) in [7, 11) is 0. The van der Waals surface area contributed by atoms with Crippen molar-refractivity contribution in [2.45, 2.75) is 31.1 Å². The van der Waals surface area contributed by atoms with Gasteiger partial charge in [0.2, 0.25) is 11.8 Å². The van der Waals surface area contributed by atoms with E-state index in [1.54, 1.807) is 0 Å². The first-order chi connectivity index (χ1) is 14.7. The molecule has 0 spiro atoms. The maximum atomic E-state index is 12.5. The number of nitrogens with zero attached hydrogens (tertiary/aromatic N) is 2. The van der Waals surface area contributed by atoms with Crippen LogP contribution in [0, 0.1) is 0 Å². The lowest BCUT2D eigenvalue weighted by molar-refractivity contribution is -0.138. The standard InChI is InChI=1S/C24H30N2O3S/c1-2-29-21-11-13-22(14-12-21)30-19-24(28)26-17-15-25(16-18-26)23(27)10-6-9-20-7-4-3-5-8-20/h3-5,7-8,11-14H,2,6,9-10,15-19H2,1H3.